The Labute approximate surface area is 159 Å². The monoisotopic (exact) mass is 373 g/mol. The van der Waals surface area contributed by atoms with Crippen molar-refractivity contribution in [3.05, 3.63) is 29.8 Å². The molecule has 0 saturated heterocycles. The van der Waals surface area contributed by atoms with Crippen molar-refractivity contribution in [1.82, 2.24) is 5.32 Å². The van der Waals surface area contributed by atoms with Gasteiger partial charge in [0.05, 0.1) is 19.2 Å². The summed E-state index contributed by atoms with van der Waals surface area (Å²) in [4.78, 5) is 38.3. The Morgan fingerprint density at radius 3 is 2.70 bits per heavy atom. The average Bonchev–Trinajstić information content (AvgIpc) is 2.57. The van der Waals surface area contributed by atoms with Gasteiger partial charge in [0.25, 0.3) is 0 Å². The average molecular weight is 373 g/mol. The van der Waals surface area contributed by atoms with Gasteiger partial charge >= 0.3 is 12.0 Å². The van der Waals surface area contributed by atoms with Gasteiger partial charge in [-0.15, -0.1) is 0 Å². The summed E-state index contributed by atoms with van der Waals surface area (Å²) in [6, 6.07) is 6.21. The highest BCUT2D eigenvalue weighted by molar-refractivity contribution is 5.93. The second-order valence-electron chi connectivity index (χ2n) is 8.34. The van der Waals surface area contributed by atoms with Crippen molar-refractivity contribution < 1.29 is 19.1 Å². The third-order valence-corrected chi connectivity index (χ3v) is 4.85. The van der Waals surface area contributed by atoms with Crippen LogP contribution in [-0.2, 0) is 9.53 Å². The standard InChI is InChI=1S/C20H27N3O4/c1-19(2)9-16(10-20(3,11-19)12-21-13-24)23-18(26)22-15-7-5-6-14(8-15)17(25)27-4/h5-8,16H,9-12H2,1-4H3,(H2,22,23,26). The lowest BCUT2D eigenvalue weighted by atomic mass is 9.62. The molecule has 0 aromatic heterocycles. The number of benzene rings is 1. The van der Waals surface area contributed by atoms with E-state index in [1.807, 2.05) is 0 Å². The van der Waals surface area contributed by atoms with Crippen LogP contribution in [0.3, 0.4) is 0 Å². The first kappa shape index (κ1) is 20.6. The smallest absolute Gasteiger partial charge is 0.337 e. The van der Waals surface area contributed by atoms with Gasteiger partial charge in [0, 0.05) is 11.7 Å². The summed E-state index contributed by atoms with van der Waals surface area (Å²) < 4.78 is 4.69. The fraction of sp³-hybridized carbons (Fsp3) is 0.550. The number of hydrogen-bond donors (Lipinski definition) is 2. The number of carbonyl (C=O) groups excluding carboxylic acids is 3. The molecule has 0 bridgehead atoms. The van der Waals surface area contributed by atoms with Crippen LogP contribution in [0.15, 0.2) is 29.3 Å². The number of rotatable bonds is 5. The Morgan fingerprint density at radius 2 is 2.04 bits per heavy atom. The van der Waals surface area contributed by atoms with Crippen LogP contribution in [0.2, 0.25) is 0 Å². The Morgan fingerprint density at radius 1 is 1.30 bits per heavy atom. The van der Waals surface area contributed by atoms with Crippen LogP contribution >= 0.6 is 0 Å². The van der Waals surface area contributed by atoms with Gasteiger partial charge in [-0.25, -0.2) is 19.4 Å². The summed E-state index contributed by atoms with van der Waals surface area (Å²) in [7, 11) is 1.31. The highest BCUT2D eigenvalue weighted by Gasteiger charge is 2.41. The molecule has 2 amide bonds. The van der Waals surface area contributed by atoms with E-state index in [0.29, 0.717) is 17.8 Å². The normalized spacial score (nSPS) is 23.6. The van der Waals surface area contributed by atoms with Gasteiger partial charge < -0.3 is 15.4 Å². The number of methoxy groups -OCH3 is 1. The first-order chi connectivity index (χ1) is 12.7. The Bertz CT molecular complexity index is 755. The third kappa shape index (κ3) is 5.93. The number of isocyanates is 1. The number of nitrogens with one attached hydrogen (secondary N) is 2. The van der Waals surface area contributed by atoms with E-state index in [1.165, 1.54) is 7.11 Å². The Balaban J connectivity index is 2.04. The van der Waals surface area contributed by atoms with Gasteiger partial charge in [0.15, 0.2) is 0 Å². The molecule has 1 aliphatic carbocycles. The van der Waals surface area contributed by atoms with Crippen molar-refractivity contribution in [3.8, 4) is 0 Å². The Kier molecular flexibility index (Phi) is 6.39. The summed E-state index contributed by atoms with van der Waals surface area (Å²) in [6.45, 7) is 6.80. The van der Waals surface area contributed by atoms with Crippen molar-refractivity contribution in [2.75, 3.05) is 19.0 Å². The zero-order valence-electron chi connectivity index (χ0n) is 16.3. The lowest BCUT2D eigenvalue weighted by Crippen LogP contribution is -2.48. The van der Waals surface area contributed by atoms with E-state index in [0.717, 1.165) is 19.3 Å². The molecule has 0 aliphatic heterocycles. The van der Waals surface area contributed by atoms with Crippen LogP contribution in [0, 0.1) is 10.8 Å². The lowest BCUT2D eigenvalue weighted by Gasteiger charge is -2.46. The second kappa shape index (κ2) is 8.35. The number of anilines is 1. The molecule has 0 radical (unpaired) electrons. The zero-order valence-corrected chi connectivity index (χ0v) is 16.3. The van der Waals surface area contributed by atoms with E-state index in [9.17, 15) is 14.4 Å². The van der Waals surface area contributed by atoms with E-state index in [2.05, 4.69) is 36.4 Å². The molecule has 2 unspecified atom stereocenters. The zero-order chi connectivity index (χ0) is 20.1. The number of esters is 1. The van der Waals surface area contributed by atoms with Crippen LogP contribution in [0.4, 0.5) is 10.5 Å². The second-order valence-corrected chi connectivity index (χ2v) is 8.34. The quantitative estimate of drug-likeness (QED) is 0.469. The number of aliphatic imine (C=N–C) groups is 1. The SMILES string of the molecule is COC(=O)c1cccc(NC(=O)NC2CC(C)(C)CC(C)(CN=C=O)C2)c1. The van der Waals surface area contributed by atoms with Gasteiger partial charge in [-0.2, -0.15) is 0 Å². The van der Waals surface area contributed by atoms with E-state index in [4.69, 9.17) is 4.74 Å². The number of hydrogen-bond acceptors (Lipinski definition) is 5. The maximum absolute atomic E-state index is 12.4. The first-order valence-corrected chi connectivity index (χ1v) is 8.96. The van der Waals surface area contributed by atoms with Crippen LogP contribution in [0.25, 0.3) is 0 Å². The van der Waals surface area contributed by atoms with Crippen molar-refractivity contribution in [2.24, 2.45) is 15.8 Å². The van der Waals surface area contributed by atoms with Gasteiger partial charge in [0.2, 0.25) is 6.08 Å². The predicted octanol–water partition coefficient (Wildman–Crippen LogP) is 3.52. The van der Waals surface area contributed by atoms with E-state index < -0.39 is 5.97 Å². The molecule has 146 valence electrons. The molecule has 1 fully saturated rings. The molecule has 0 spiro atoms. The van der Waals surface area contributed by atoms with Crippen molar-refractivity contribution in [1.29, 1.82) is 0 Å². The molecule has 1 aromatic carbocycles. The summed E-state index contributed by atoms with van der Waals surface area (Å²) in [5.74, 6) is -0.459. The van der Waals surface area contributed by atoms with E-state index >= 15 is 0 Å². The molecule has 2 N–H and O–H groups in total. The molecule has 2 rings (SSSR count). The number of carbonyl (C=O) groups is 2. The fourth-order valence-corrected chi connectivity index (χ4v) is 4.27. The van der Waals surface area contributed by atoms with Gasteiger partial charge in [0.1, 0.15) is 0 Å². The molecule has 7 heteroatoms. The van der Waals surface area contributed by atoms with Crippen LogP contribution in [0.1, 0.15) is 50.4 Å². The highest BCUT2D eigenvalue weighted by atomic mass is 16.5. The van der Waals surface area contributed by atoms with Crippen molar-refractivity contribution in [3.63, 3.8) is 0 Å². The molecule has 7 nitrogen and oxygen atoms in total. The number of urea groups is 1. The fourth-order valence-electron chi connectivity index (χ4n) is 4.27. The summed E-state index contributed by atoms with van der Waals surface area (Å²) >= 11 is 0. The number of nitrogens with zero attached hydrogens (tertiary/aromatic N) is 1. The van der Waals surface area contributed by atoms with E-state index in [-0.39, 0.29) is 22.9 Å². The molecule has 1 aromatic rings. The number of ether oxygens (including phenoxy) is 1. The molecule has 27 heavy (non-hydrogen) atoms. The largest absolute Gasteiger partial charge is 0.465 e. The van der Waals surface area contributed by atoms with E-state index in [1.54, 1.807) is 30.3 Å². The summed E-state index contributed by atoms with van der Waals surface area (Å²) in [6.07, 6.45) is 4.11. The van der Waals surface area contributed by atoms with Crippen molar-refractivity contribution in [2.45, 2.75) is 46.1 Å². The summed E-state index contributed by atoms with van der Waals surface area (Å²) in [5.41, 5.74) is 0.739. The molecule has 0 heterocycles. The highest BCUT2D eigenvalue weighted by Crippen LogP contribution is 2.46. The lowest BCUT2D eigenvalue weighted by molar-refractivity contribution is 0.0600. The van der Waals surface area contributed by atoms with Gasteiger partial charge in [-0.3, -0.25) is 0 Å². The first-order valence-electron chi connectivity index (χ1n) is 8.96. The number of amides is 2. The Hall–Kier alpha value is -2.66. The molecular formula is C20H27N3O4. The van der Waals surface area contributed by atoms with Crippen molar-refractivity contribution >= 4 is 23.8 Å². The molecule has 1 aliphatic rings. The molecule has 1 saturated carbocycles. The minimum Gasteiger partial charge on any atom is -0.465 e. The maximum atomic E-state index is 12.4. The molecular weight excluding hydrogens is 346 g/mol. The molecule has 2 atom stereocenters. The van der Waals surface area contributed by atoms with Gasteiger partial charge in [-0.05, 0) is 48.3 Å². The minimum atomic E-state index is -0.459. The van der Waals surface area contributed by atoms with Gasteiger partial charge in [-0.1, -0.05) is 26.8 Å². The van der Waals surface area contributed by atoms with Crippen LogP contribution in [-0.4, -0.2) is 37.8 Å². The third-order valence-electron chi connectivity index (χ3n) is 4.85. The van der Waals surface area contributed by atoms with Crippen LogP contribution in [0.5, 0.6) is 0 Å². The maximum Gasteiger partial charge on any atom is 0.337 e. The minimum absolute atomic E-state index is 0.0220. The van der Waals surface area contributed by atoms with Crippen LogP contribution < -0.4 is 10.6 Å². The predicted molar refractivity (Wildman–Crippen MR) is 102 cm³/mol. The topological polar surface area (TPSA) is 96.9 Å². The summed E-state index contributed by atoms with van der Waals surface area (Å²) in [5, 5.41) is 5.77.